The van der Waals surface area contributed by atoms with Crippen LogP contribution in [0.5, 0.6) is 0 Å². The first kappa shape index (κ1) is 17.9. The van der Waals surface area contributed by atoms with Crippen molar-refractivity contribution >= 4 is 23.9 Å². The summed E-state index contributed by atoms with van der Waals surface area (Å²) >= 11 is 0. The van der Waals surface area contributed by atoms with E-state index in [2.05, 4.69) is 0 Å². The Balaban J connectivity index is 0.000000396. The third-order valence-electron chi connectivity index (χ3n) is 2.17. The number of carbonyl (C=O) groups is 4. The molecule has 1 aliphatic heterocycles. The van der Waals surface area contributed by atoms with Gasteiger partial charge in [-0.15, -0.1) is 0 Å². The molecule has 0 atom stereocenters. The molecule has 0 aromatic heterocycles. The van der Waals surface area contributed by atoms with Crippen LogP contribution in [0.3, 0.4) is 0 Å². The fraction of sp³-hybridized carbons (Fsp3) is 0.667. The van der Waals surface area contributed by atoms with Gasteiger partial charge in [-0.3, -0.25) is 19.2 Å². The van der Waals surface area contributed by atoms with E-state index in [1.54, 1.807) is 0 Å². The maximum absolute atomic E-state index is 10.8. The fourth-order valence-corrected chi connectivity index (χ4v) is 1.21. The number of hydrogen-bond acceptors (Lipinski definition) is 6. The van der Waals surface area contributed by atoms with Gasteiger partial charge in [0.05, 0.1) is 12.8 Å². The molecule has 1 fully saturated rings. The molecule has 0 aromatic rings. The second kappa shape index (κ2) is 10.8. The van der Waals surface area contributed by atoms with Crippen LogP contribution in [0, 0.1) is 0 Å². The van der Waals surface area contributed by atoms with Crippen LogP contribution < -0.4 is 0 Å². The van der Waals surface area contributed by atoms with E-state index in [0.717, 1.165) is 0 Å². The molecule has 20 heavy (non-hydrogen) atoms. The maximum Gasteiger partial charge on any atom is 0.305 e. The van der Waals surface area contributed by atoms with E-state index in [4.69, 9.17) is 19.7 Å². The first-order valence-electron chi connectivity index (χ1n) is 6.16. The predicted molar refractivity (Wildman–Crippen MR) is 64.9 cm³/mol. The van der Waals surface area contributed by atoms with Gasteiger partial charge in [-0.1, -0.05) is 0 Å². The summed E-state index contributed by atoms with van der Waals surface area (Å²) in [5, 5.41) is 15.8. The third kappa shape index (κ3) is 12.3. The second-order valence-electron chi connectivity index (χ2n) is 3.94. The minimum atomic E-state index is -1.08. The van der Waals surface area contributed by atoms with Gasteiger partial charge in [-0.25, -0.2) is 0 Å². The van der Waals surface area contributed by atoms with Crippen LogP contribution in [0.25, 0.3) is 0 Å². The quantitative estimate of drug-likeness (QED) is 0.722. The number of ether oxygens (including phenoxy) is 2. The zero-order valence-electron chi connectivity index (χ0n) is 11.0. The molecule has 1 aliphatic rings. The molecule has 0 aliphatic carbocycles. The molecule has 1 heterocycles. The van der Waals surface area contributed by atoms with Gasteiger partial charge in [0.2, 0.25) is 0 Å². The van der Waals surface area contributed by atoms with Gasteiger partial charge in [0.15, 0.2) is 0 Å². The molecule has 2 N–H and O–H groups in total. The van der Waals surface area contributed by atoms with Gasteiger partial charge < -0.3 is 19.7 Å². The van der Waals surface area contributed by atoms with Gasteiger partial charge in [0.25, 0.3) is 0 Å². The molecule has 8 heteroatoms. The van der Waals surface area contributed by atoms with Gasteiger partial charge in [-0.2, -0.15) is 0 Å². The van der Waals surface area contributed by atoms with Crippen molar-refractivity contribution in [2.75, 3.05) is 13.2 Å². The molecule has 0 saturated carbocycles. The van der Waals surface area contributed by atoms with Crippen LogP contribution in [0.2, 0.25) is 0 Å². The SMILES string of the molecule is O=C(O)CCC(=O)O.O=C1CCCCC(=O)OCCO1. The van der Waals surface area contributed by atoms with Gasteiger partial charge in [0.1, 0.15) is 13.2 Å². The third-order valence-corrected chi connectivity index (χ3v) is 2.17. The second-order valence-corrected chi connectivity index (χ2v) is 3.94. The highest BCUT2D eigenvalue weighted by Gasteiger charge is 2.08. The number of hydrogen-bond donors (Lipinski definition) is 2. The van der Waals surface area contributed by atoms with Crippen LogP contribution >= 0.6 is 0 Å². The predicted octanol–water partition coefficient (Wildman–Crippen LogP) is 0.583. The average Bonchev–Trinajstić information content (AvgIpc) is 2.38. The van der Waals surface area contributed by atoms with Crippen LogP contribution in [0.1, 0.15) is 38.5 Å². The Labute approximate surface area is 115 Å². The van der Waals surface area contributed by atoms with E-state index < -0.39 is 11.9 Å². The molecule has 1 rings (SSSR count). The standard InChI is InChI=1S/C8H12O4.C4H6O4/c9-7-3-1-2-4-8(10)12-6-5-11-7;5-3(6)1-2-4(7)8/h1-6H2;1-2H2,(H,5,6)(H,7,8). The summed E-state index contributed by atoms with van der Waals surface area (Å²) in [6, 6.07) is 0. The molecule has 0 spiro atoms. The topological polar surface area (TPSA) is 127 Å². The number of cyclic esters (lactones) is 2. The van der Waals surface area contributed by atoms with Gasteiger partial charge >= 0.3 is 23.9 Å². The number of rotatable bonds is 3. The van der Waals surface area contributed by atoms with Crippen molar-refractivity contribution in [3.05, 3.63) is 0 Å². The van der Waals surface area contributed by atoms with E-state index in [1.807, 2.05) is 0 Å². The first-order chi connectivity index (χ1) is 9.41. The Morgan fingerprint density at radius 3 is 1.50 bits per heavy atom. The zero-order valence-corrected chi connectivity index (χ0v) is 11.0. The Bertz CT molecular complexity index is 299. The normalized spacial score (nSPS) is 16.0. The van der Waals surface area contributed by atoms with Crippen molar-refractivity contribution in [1.82, 2.24) is 0 Å². The highest BCUT2D eigenvalue weighted by molar-refractivity contribution is 5.75. The van der Waals surface area contributed by atoms with Crippen molar-refractivity contribution in [3.8, 4) is 0 Å². The smallest absolute Gasteiger partial charge is 0.305 e. The van der Waals surface area contributed by atoms with Crippen molar-refractivity contribution in [2.24, 2.45) is 0 Å². The lowest BCUT2D eigenvalue weighted by Crippen LogP contribution is -2.15. The van der Waals surface area contributed by atoms with E-state index in [-0.39, 0.29) is 38.0 Å². The van der Waals surface area contributed by atoms with E-state index >= 15 is 0 Å². The van der Waals surface area contributed by atoms with Crippen molar-refractivity contribution in [3.63, 3.8) is 0 Å². The number of aliphatic carboxylic acids is 2. The molecule has 0 radical (unpaired) electrons. The lowest BCUT2D eigenvalue weighted by Gasteiger charge is -2.08. The highest BCUT2D eigenvalue weighted by Crippen LogP contribution is 2.04. The number of carboxylic acid groups (broad SMARTS) is 2. The molecule has 1 saturated heterocycles. The Kier molecular flexibility index (Phi) is 9.63. The molecule has 114 valence electrons. The number of carboxylic acids is 2. The van der Waals surface area contributed by atoms with Gasteiger partial charge in [0, 0.05) is 12.8 Å². The van der Waals surface area contributed by atoms with E-state index in [9.17, 15) is 19.2 Å². The lowest BCUT2D eigenvalue weighted by molar-refractivity contribution is -0.153. The molecule has 0 aromatic carbocycles. The fourth-order valence-electron chi connectivity index (χ4n) is 1.21. The Morgan fingerprint density at radius 2 is 1.20 bits per heavy atom. The van der Waals surface area contributed by atoms with Crippen molar-refractivity contribution in [1.29, 1.82) is 0 Å². The summed E-state index contributed by atoms with van der Waals surface area (Å²) in [7, 11) is 0. The summed E-state index contributed by atoms with van der Waals surface area (Å²) in [6.07, 6.45) is 1.63. The van der Waals surface area contributed by atoms with Gasteiger partial charge in [-0.05, 0) is 12.8 Å². The molecular weight excluding hydrogens is 272 g/mol. The summed E-state index contributed by atoms with van der Waals surface area (Å²) < 4.78 is 9.50. The molecular formula is C12H18O8. The van der Waals surface area contributed by atoms with Crippen LogP contribution in [0.4, 0.5) is 0 Å². The minimum Gasteiger partial charge on any atom is -0.481 e. The molecule has 0 unspecified atom stereocenters. The maximum atomic E-state index is 10.8. The van der Waals surface area contributed by atoms with Crippen LogP contribution in [-0.2, 0) is 28.7 Å². The van der Waals surface area contributed by atoms with E-state index in [0.29, 0.717) is 25.7 Å². The van der Waals surface area contributed by atoms with Crippen LogP contribution in [-0.4, -0.2) is 47.3 Å². The molecule has 8 nitrogen and oxygen atoms in total. The minimum absolute atomic E-state index is 0.185. The van der Waals surface area contributed by atoms with E-state index in [1.165, 1.54) is 0 Å². The highest BCUT2D eigenvalue weighted by atomic mass is 16.6. The van der Waals surface area contributed by atoms with Crippen molar-refractivity contribution in [2.45, 2.75) is 38.5 Å². The summed E-state index contributed by atoms with van der Waals surface area (Å²) in [5.41, 5.74) is 0. The summed E-state index contributed by atoms with van der Waals surface area (Å²) in [6.45, 7) is 0.370. The average molecular weight is 290 g/mol. The Hall–Kier alpha value is -2.12. The first-order valence-corrected chi connectivity index (χ1v) is 6.16. The zero-order chi connectivity index (χ0) is 15.4. The lowest BCUT2D eigenvalue weighted by atomic mass is 10.2. The molecule has 0 amide bonds. The summed E-state index contributed by atoms with van der Waals surface area (Å²) in [4.78, 5) is 40.9. The molecule has 0 bridgehead atoms. The van der Waals surface area contributed by atoms with Crippen molar-refractivity contribution < 1.29 is 38.9 Å². The number of carbonyl (C=O) groups excluding carboxylic acids is 2. The monoisotopic (exact) mass is 290 g/mol. The largest absolute Gasteiger partial charge is 0.481 e. The summed E-state index contributed by atoms with van der Waals surface area (Å²) in [5.74, 6) is -2.55. The Morgan fingerprint density at radius 1 is 0.850 bits per heavy atom. The number of esters is 2. The van der Waals surface area contributed by atoms with Crippen LogP contribution in [0.15, 0.2) is 0 Å².